The number of pyridine rings is 1. The van der Waals surface area contributed by atoms with E-state index in [4.69, 9.17) is 16.3 Å². The van der Waals surface area contributed by atoms with Crippen molar-refractivity contribution in [1.29, 1.82) is 5.26 Å². The zero-order valence-electron chi connectivity index (χ0n) is 18.1. The lowest BCUT2D eigenvalue weighted by Gasteiger charge is -2.43. The third kappa shape index (κ3) is 3.59. The van der Waals surface area contributed by atoms with Crippen molar-refractivity contribution >= 4 is 34.5 Å². The summed E-state index contributed by atoms with van der Waals surface area (Å²) in [6, 6.07) is 9.56. The summed E-state index contributed by atoms with van der Waals surface area (Å²) in [5.74, 6) is 0.455. The summed E-state index contributed by atoms with van der Waals surface area (Å²) in [5.41, 5.74) is 2.73. The fourth-order valence-corrected chi connectivity index (χ4v) is 5.65. The average Bonchev–Trinajstić information content (AvgIpc) is 3.27. The van der Waals surface area contributed by atoms with Gasteiger partial charge in [0.15, 0.2) is 5.82 Å². The number of hydrogen-bond acceptors (Lipinski definition) is 5. The Kier molecular flexibility index (Phi) is 4.86. The van der Waals surface area contributed by atoms with E-state index in [1.165, 1.54) is 0 Å². The summed E-state index contributed by atoms with van der Waals surface area (Å²) in [4.78, 5) is 23.3. The normalized spacial score (nSPS) is 25.3. The van der Waals surface area contributed by atoms with Crippen molar-refractivity contribution in [2.45, 2.75) is 51.7 Å². The molecule has 2 aliphatic rings. The highest BCUT2D eigenvalue weighted by Gasteiger charge is 2.52. The van der Waals surface area contributed by atoms with Crippen molar-refractivity contribution < 1.29 is 9.53 Å². The number of amides is 1. The molecule has 3 heterocycles. The number of hydrogen-bond donors (Lipinski definition) is 0. The van der Waals surface area contributed by atoms with Crippen molar-refractivity contribution in [2.75, 3.05) is 11.4 Å². The number of fused-ring (bicyclic) bond motifs is 1. The monoisotopic (exact) mass is 449 g/mol. The number of imidazole rings is 1. The molecule has 164 valence electrons. The first kappa shape index (κ1) is 20.8. The first-order valence-electron chi connectivity index (χ1n) is 10.8. The highest BCUT2D eigenvalue weighted by atomic mass is 35.5. The van der Waals surface area contributed by atoms with Gasteiger partial charge in [-0.2, -0.15) is 5.26 Å². The molecule has 2 atom stereocenters. The average molecular weight is 450 g/mol. The minimum Gasteiger partial charge on any atom is -0.441 e. The Morgan fingerprint density at radius 3 is 2.91 bits per heavy atom. The largest absolute Gasteiger partial charge is 0.441 e. The van der Waals surface area contributed by atoms with Gasteiger partial charge in [0.05, 0.1) is 40.6 Å². The number of aryl methyl sites for hydroxylation is 1. The second kappa shape index (κ2) is 7.49. The Labute approximate surface area is 191 Å². The van der Waals surface area contributed by atoms with Crippen LogP contribution in [0.3, 0.4) is 0 Å². The van der Waals surface area contributed by atoms with Crippen molar-refractivity contribution in [3.63, 3.8) is 0 Å². The SMILES string of the molecule is Cc1cnc(N2C[C@@]3(CCC[C@](C)(Cn4cnc5ccc(C#N)cc54)C3)OC2=O)c(Cl)c1. The molecule has 5 rings (SSSR count). The van der Waals surface area contributed by atoms with Crippen molar-refractivity contribution in [2.24, 2.45) is 5.41 Å². The Morgan fingerprint density at radius 1 is 1.28 bits per heavy atom. The van der Waals surface area contributed by atoms with Gasteiger partial charge in [0, 0.05) is 12.7 Å². The van der Waals surface area contributed by atoms with Gasteiger partial charge in [-0.05, 0) is 67.9 Å². The minimum atomic E-state index is -0.561. The van der Waals surface area contributed by atoms with Crippen LogP contribution in [0.1, 0.15) is 43.7 Å². The Hall–Kier alpha value is -3.11. The molecule has 1 saturated carbocycles. The van der Waals surface area contributed by atoms with Crippen molar-refractivity contribution in [3.8, 4) is 6.07 Å². The first-order chi connectivity index (χ1) is 15.3. The number of rotatable bonds is 3. The molecule has 1 spiro atoms. The second-order valence-electron chi connectivity index (χ2n) is 9.48. The van der Waals surface area contributed by atoms with Crippen LogP contribution in [-0.4, -0.2) is 32.8 Å². The number of nitriles is 1. The number of carbonyl (C=O) groups is 1. The third-order valence-corrected chi connectivity index (χ3v) is 6.93. The minimum absolute atomic E-state index is 0.0880. The molecule has 8 heteroatoms. The van der Waals surface area contributed by atoms with E-state index in [1.807, 2.05) is 31.5 Å². The van der Waals surface area contributed by atoms with E-state index >= 15 is 0 Å². The molecule has 2 aromatic heterocycles. The van der Waals surface area contributed by atoms with Crippen LogP contribution in [0.4, 0.5) is 10.6 Å². The highest BCUT2D eigenvalue weighted by molar-refractivity contribution is 6.33. The van der Waals surface area contributed by atoms with Gasteiger partial charge in [0.25, 0.3) is 0 Å². The molecule has 0 N–H and O–H groups in total. The van der Waals surface area contributed by atoms with Gasteiger partial charge < -0.3 is 9.30 Å². The summed E-state index contributed by atoms with van der Waals surface area (Å²) in [5, 5.41) is 9.72. The van der Waals surface area contributed by atoms with Crippen LogP contribution < -0.4 is 4.90 Å². The highest BCUT2D eigenvalue weighted by Crippen LogP contribution is 2.48. The Balaban J connectivity index is 1.40. The molecule has 0 bridgehead atoms. The summed E-state index contributed by atoms with van der Waals surface area (Å²) in [7, 11) is 0. The topological polar surface area (TPSA) is 84.0 Å². The van der Waals surface area contributed by atoms with E-state index in [1.54, 1.807) is 17.2 Å². The van der Waals surface area contributed by atoms with Gasteiger partial charge in [-0.3, -0.25) is 4.90 Å². The summed E-state index contributed by atoms with van der Waals surface area (Å²) < 4.78 is 8.11. The first-order valence-corrected chi connectivity index (χ1v) is 11.2. The summed E-state index contributed by atoms with van der Waals surface area (Å²) >= 11 is 6.39. The Bertz CT molecular complexity index is 1260. The lowest BCUT2D eigenvalue weighted by Crippen LogP contribution is -2.45. The van der Waals surface area contributed by atoms with Gasteiger partial charge in [-0.15, -0.1) is 0 Å². The van der Waals surface area contributed by atoms with Gasteiger partial charge in [-0.25, -0.2) is 14.8 Å². The van der Waals surface area contributed by atoms with Crippen LogP contribution in [-0.2, 0) is 11.3 Å². The lowest BCUT2D eigenvalue weighted by atomic mass is 9.68. The molecule has 1 amide bonds. The summed E-state index contributed by atoms with van der Waals surface area (Å²) in [6.07, 6.45) is 6.70. The summed E-state index contributed by atoms with van der Waals surface area (Å²) in [6.45, 7) is 5.33. The lowest BCUT2D eigenvalue weighted by molar-refractivity contribution is -0.0264. The smallest absolute Gasteiger partial charge is 0.416 e. The third-order valence-electron chi connectivity index (χ3n) is 6.65. The standard InChI is InChI=1S/C24H24ClN5O2/c1-16-8-18(25)21(27-11-16)30-14-24(32-22(30)31)7-3-6-23(2,12-24)13-29-15-28-19-5-4-17(10-26)9-20(19)29/h4-5,8-9,11,15H,3,6-7,12-14H2,1-2H3/t23-,24-/m0/s1. The van der Waals surface area contributed by atoms with Gasteiger partial charge in [-0.1, -0.05) is 18.5 Å². The van der Waals surface area contributed by atoms with E-state index < -0.39 is 5.60 Å². The molecule has 1 aliphatic carbocycles. The predicted molar refractivity (Wildman–Crippen MR) is 122 cm³/mol. The Morgan fingerprint density at radius 2 is 2.12 bits per heavy atom. The van der Waals surface area contributed by atoms with Crippen LogP contribution in [0.5, 0.6) is 0 Å². The predicted octanol–water partition coefficient (Wildman–Crippen LogP) is 5.24. The molecule has 0 unspecified atom stereocenters. The van der Waals surface area contributed by atoms with Gasteiger partial charge in [0.2, 0.25) is 0 Å². The zero-order chi connectivity index (χ0) is 22.5. The molecular weight excluding hydrogens is 426 g/mol. The molecule has 2 fully saturated rings. The number of ether oxygens (including phenoxy) is 1. The van der Waals surface area contributed by atoms with Crippen molar-refractivity contribution in [3.05, 3.63) is 52.9 Å². The second-order valence-corrected chi connectivity index (χ2v) is 9.89. The molecule has 7 nitrogen and oxygen atoms in total. The number of benzene rings is 1. The maximum Gasteiger partial charge on any atom is 0.416 e. The quantitative estimate of drug-likeness (QED) is 0.545. The fraction of sp³-hybridized carbons (Fsp3) is 0.417. The number of anilines is 1. The van der Waals surface area contributed by atoms with Crippen LogP contribution >= 0.6 is 11.6 Å². The molecule has 0 radical (unpaired) electrons. The maximum absolute atomic E-state index is 12.8. The molecule has 3 aromatic rings. The molecule has 1 aromatic carbocycles. The number of nitrogens with zero attached hydrogens (tertiary/aromatic N) is 5. The number of aromatic nitrogens is 3. The molecule has 1 saturated heterocycles. The van der Waals surface area contributed by atoms with Crippen LogP contribution in [0.2, 0.25) is 5.02 Å². The van der Waals surface area contributed by atoms with Gasteiger partial charge >= 0.3 is 6.09 Å². The van der Waals surface area contributed by atoms with Crippen LogP contribution in [0.15, 0.2) is 36.8 Å². The van der Waals surface area contributed by atoms with E-state index in [0.29, 0.717) is 22.9 Å². The van der Waals surface area contributed by atoms with E-state index in [9.17, 15) is 10.1 Å². The number of carbonyl (C=O) groups excluding carboxylic acids is 1. The van der Waals surface area contributed by atoms with Crippen LogP contribution in [0, 0.1) is 23.7 Å². The van der Waals surface area contributed by atoms with Crippen molar-refractivity contribution in [1.82, 2.24) is 14.5 Å². The fourth-order valence-electron chi connectivity index (χ4n) is 5.32. The zero-order valence-corrected chi connectivity index (χ0v) is 18.9. The molecular formula is C24H24ClN5O2. The molecule has 1 aliphatic heterocycles. The van der Waals surface area contributed by atoms with E-state index in [2.05, 4.69) is 27.5 Å². The van der Waals surface area contributed by atoms with E-state index in [0.717, 1.165) is 48.8 Å². The van der Waals surface area contributed by atoms with Crippen LogP contribution in [0.25, 0.3) is 11.0 Å². The maximum atomic E-state index is 12.8. The molecule has 32 heavy (non-hydrogen) atoms. The van der Waals surface area contributed by atoms with E-state index in [-0.39, 0.29) is 11.5 Å². The van der Waals surface area contributed by atoms with Gasteiger partial charge in [0.1, 0.15) is 5.60 Å². The number of halogens is 1.